The molecule has 0 aliphatic rings. The van der Waals surface area contributed by atoms with Gasteiger partial charge in [0.25, 0.3) is 0 Å². The molecule has 0 radical (unpaired) electrons. The number of benzene rings is 1. The van der Waals surface area contributed by atoms with Crippen molar-refractivity contribution in [3.63, 3.8) is 0 Å². The normalized spacial score (nSPS) is 13.4. The van der Waals surface area contributed by atoms with Crippen LogP contribution in [0.2, 0.25) is 0 Å². The molecule has 0 aliphatic carbocycles. The summed E-state index contributed by atoms with van der Waals surface area (Å²) in [5, 5.41) is 9.36. The van der Waals surface area contributed by atoms with Gasteiger partial charge in [0.15, 0.2) is 0 Å². The third kappa shape index (κ3) is 4.72. The molecule has 0 heterocycles. The van der Waals surface area contributed by atoms with Crippen LogP contribution in [-0.4, -0.2) is 21.6 Å². The van der Waals surface area contributed by atoms with Crippen molar-refractivity contribution in [2.24, 2.45) is 5.41 Å². The molecule has 1 atom stereocenters. The Morgan fingerprint density at radius 3 is 2.36 bits per heavy atom. The van der Waals surface area contributed by atoms with Crippen LogP contribution >= 0.6 is 0 Å². The first kappa shape index (κ1) is 18.5. The lowest BCUT2D eigenvalue weighted by Gasteiger charge is -2.30. The number of hydrogen-bond acceptors (Lipinski definition) is 4. The van der Waals surface area contributed by atoms with E-state index in [4.69, 9.17) is 4.74 Å². The predicted molar refractivity (Wildman–Crippen MR) is 86.0 cm³/mol. The molecule has 0 saturated heterocycles. The van der Waals surface area contributed by atoms with E-state index >= 15 is 0 Å². The van der Waals surface area contributed by atoms with Crippen LogP contribution in [-0.2, 0) is 10.0 Å². The number of rotatable bonds is 8. The van der Waals surface area contributed by atoms with Gasteiger partial charge in [0.2, 0.25) is 10.0 Å². The fourth-order valence-electron chi connectivity index (χ4n) is 2.12. The highest BCUT2D eigenvalue weighted by Crippen LogP contribution is 2.28. The molecule has 0 amide bonds. The molecule has 1 unspecified atom stereocenters. The third-order valence-electron chi connectivity index (χ3n) is 3.73. The lowest BCUT2D eigenvalue weighted by Crippen LogP contribution is -2.44. The quantitative estimate of drug-likeness (QED) is 0.797. The van der Waals surface area contributed by atoms with E-state index in [1.54, 1.807) is 12.1 Å². The van der Waals surface area contributed by atoms with E-state index in [1.807, 2.05) is 13.8 Å². The Bertz CT molecular complexity index is 616. The summed E-state index contributed by atoms with van der Waals surface area (Å²) < 4.78 is 32.4. The molecular formula is C16H24N2O3S. The second kappa shape index (κ2) is 7.61. The van der Waals surface area contributed by atoms with E-state index in [0.29, 0.717) is 5.75 Å². The van der Waals surface area contributed by atoms with Crippen molar-refractivity contribution in [1.82, 2.24) is 4.72 Å². The number of methoxy groups -OCH3 is 1. The topological polar surface area (TPSA) is 79.2 Å². The summed E-state index contributed by atoms with van der Waals surface area (Å²) in [4.78, 5) is 0.125. The van der Waals surface area contributed by atoms with Crippen LogP contribution in [0.1, 0.15) is 40.0 Å². The van der Waals surface area contributed by atoms with E-state index in [2.05, 4.69) is 17.7 Å². The zero-order chi connectivity index (χ0) is 16.8. The van der Waals surface area contributed by atoms with Gasteiger partial charge in [0.1, 0.15) is 11.8 Å². The molecule has 1 N–H and O–H groups in total. The zero-order valence-electron chi connectivity index (χ0n) is 13.6. The Balaban J connectivity index is 2.95. The smallest absolute Gasteiger partial charge is 0.241 e. The number of nitriles is 1. The monoisotopic (exact) mass is 324 g/mol. The van der Waals surface area contributed by atoms with Gasteiger partial charge in [0.05, 0.1) is 18.1 Å². The average Bonchev–Trinajstić information content (AvgIpc) is 2.50. The second-order valence-corrected chi connectivity index (χ2v) is 7.67. The second-order valence-electron chi connectivity index (χ2n) is 5.95. The molecule has 0 aromatic heterocycles. The first-order valence-corrected chi connectivity index (χ1v) is 8.81. The van der Waals surface area contributed by atoms with Crippen molar-refractivity contribution in [1.29, 1.82) is 5.26 Å². The highest BCUT2D eigenvalue weighted by Gasteiger charge is 2.32. The minimum atomic E-state index is -3.73. The minimum Gasteiger partial charge on any atom is -0.497 e. The van der Waals surface area contributed by atoms with E-state index in [0.717, 1.165) is 19.3 Å². The molecular weight excluding hydrogens is 300 g/mol. The Morgan fingerprint density at radius 1 is 1.32 bits per heavy atom. The van der Waals surface area contributed by atoms with Gasteiger partial charge in [0, 0.05) is 0 Å². The van der Waals surface area contributed by atoms with Crippen molar-refractivity contribution >= 4 is 10.0 Å². The highest BCUT2D eigenvalue weighted by molar-refractivity contribution is 7.89. The van der Waals surface area contributed by atoms with Crippen LogP contribution in [0.3, 0.4) is 0 Å². The van der Waals surface area contributed by atoms with Gasteiger partial charge in [-0.3, -0.25) is 0 Å². The maximum atomic E-state index is 12.4. The van der Waals surface area contributed by atoms with Gasteiger partial charge in [-0.25, -0.2) is 8.42 Å². The molecule has 22 heavy (non-hydrogen) atoms. The van der Waals surface area contributed by atoms with Crippen LogP contribution in [0.5, 0.6) is 5.75 Å². The lowest BCUT2D eigenvalue weighted by atomic mass is 9.81. The van der Waals surface area contributed by atoms with Gasteiger partial charge < -0.3 is 4.74 Å². The van der Waals surface area contributed by atoms with Gasteiger partial charge in [-0.2, -0.15) is 9.98 Å². The van der Waals surface area contributed by atoms with Crippen LogP contribution in [0.25, 0.3) is 0 Å². The minimum absolute atomic E-state index is 0.125. The number of hydrogen-bond donors (Lipinski definition) is 1. The summed E-state index contributed by atoms with van der Waals surface area (Å²) in [7, 11) is -2.22. The molecule has 0 fully saturated rings. The average molecular weight is 324 g/mol. The number of nitrogens with zero attached hydrogens (tertiary/aromatic N) is 1. The van der Waals surface area contributed by atoms with Crippen molar-refractivity contribution < 1.29 is 13.2 Å². The van der Waals surface area contributed by atoms with E-state index in [1.165, 1.54) is 19.2 Å². The predicted octanol–water partition coefficient (Wildman–Crippen LogP) is 3.08. The Hall–Kier alpha value is -1.58. The maximum absolute atomic E-state index is 12.4. The molecule has 1 rings (SSSR count). The molecule has 5 nitrogen and oxygen atoms in total. The summed E-state index contributed by atoms with van der Waals surface area (Å²) in [5.74, 6) is 0.582. The van der Waals surface area contributed by atoms with Crippen molar-refractivity contribution in [2.45, 2.75) is 51.0 Å². The summed E-state index contributed by atoms with van der Waals surface area (Å²) in [6.07, 6.45) is 2.75. The largest absolute Gasteiger partial charge is 0.497 e. The van der Waals surface area contributed by atoms with Gasteiger partial charge >= 0.3 is 0 Å². The standard InChI is InChI=1S/C16H24N2O3S/c1-5-6-11-16(2,3)15(12-17)18-22(19,20)14-9-7-13(21-4)8-10-14/h7-10,15,18H,5-6,11H2,1-4H3. The Morgan fingerprint density at radius 2 is 1.91 bits per heavy atom. The van der Waals surface area contributed by atoms with Gasteiger partial charge in [-0.1, -0.05) is 33.6 Å². The fourth-order valence-corrected chi connectivity index (χ4v) is 3.43. The highest BCUT2D eigenvalue weighted by atomic mass is 32.2. The van der Waals surface area contributed by atoms with Crippen LogP contribution < -0.4 is 9.46 Å². The lowest BCUT2D eigenvalue weighted by molar-refractivity contribution is 0.279. The van der Waals surface area contributed by atoms with Gasteiger partial charge in [-0.15, -0.1) is 0 Å². The van der Waals surface area contributed by atoms with Crippen molar-refractivity contribution in [3.05, 3.63) is 24.3 Å². The van der Waals surface area contributed by atoms with Crippen molar-refractivity contribution in [2.75, 3.05) is 7.11 Å². The van der Waals surface area contributed by atoms with Crippen LogP contribution in [0.15, 0.2) is 29.2 Å². The fraction of sp³-hybridized carbons (Fsp3) is 0.562. The first-order valence-electron chi connectivity index (χ1n) is 7.33. The molecule has 1 aromatic carbocycles. The Labute approximate surface area is 133 Å². The van der Waals surface area contributed by atoms with E-state index in [9.17, 15) is 13.7 Å². The van der Waals surface area contributed by atoms with Crippen LogP contribution in [0.4, 0.5) is 0 Å². The van der Waals surface area contributed by atoms with Gasteiger partial charge in [-0.05, 0) is 36.1 Å². The summed E-state index contributed by atoms with van der Waals surface area (Å²) in [6.45, 7) is 5.89. The molecule has 0 saturated carbocycles. The molecule has 1 aromatic rings. The number of nitrogens with one attached hydrogen (secondary N) is 1. The molecule has 6 heteroatoms. The first-order chi connectivity index (χ1) is 10.3. The third-order valence-corrected chi connectivity index (χ3v) is 5.17. The Kier molecular flexibility index (Phi) is 6.39. The zero-order valence-corrected chi connectivity index (χ0v) is 14.4. The summed E-state index contributed by atoms with van der Waals surface area (Å²) in [5.41, 5.74) is -0.426. The summed E-state index contributed by atoms with van der Waals surface area (Å²) in [6, 6.07) is 7.41. The number of ether oxygens (including phenoxy) is 1. The van der Waals surface area contributed by atoms with E-state index in [-0.39, 0.29) is 4.90 Å². The molecule has 0 bridgehead atoms. The number of sulfonamides is 1. The maximum Gasteiger partial charge on any atom is 0.241 e. The number of unbranched alkanes of at least 4 members (excludes halogenated alkanes) is 1. The van der Waals surface area contributed by atoms with Crippen molar-refractivity contribution in [3.8, 4) is 11.8 Å². The summed E-state index contributed by atoms with van der Waals surface area (Å²) >= 11 is 0. The van der Waals surface area contributed by atoms with E-state index < -0.39 is 21.5 Å². The van der Waals surface area contributed by atoms with Crippen LogP contribution in [0, 0.1) is 16.7 Å². The molecule has 0 spiro atoms. The molecule has 0 aliphatic heterocycles. The SMILES string of the molecule is CCCCC(C)(C)C(C#N)NS(=O)(=O)c1ccc(OC)cc1. The molecule has 122 valence electrons.